The van der Waals surface area contributed by atoms with E-state index in [1.807, 2.05) is 42.6 Å². The zero-order valence-corrected chi connectivity index (χ0v) is 12.3. The van der Waals surface area contributed by atoms with Crippen LogP contribution in [0.1, 0.15) is 17.2 Å². The number of fused-ring (bicyclic) bond motifs is 1. The van der Waals surface area contributed by atoms with Crippen molar-refractivity contribution in [3.05, 3.63) is 76.4 Å². The Kier molecular flexibility index (Phi) is 3.78. The molecule has 1 unspecified atom stereocenters. The number of rotatable bonds is 3. The first-order chi connectivity index (χ1) is 9.78. The number of hydrazine groups is 1. The number of nitrogens with one attached hydrogen (secondary N) is 1. The van der Waals surface area contributed by atoms with Crippen molar-refractivity contribution in [2.75, 3.05) is 0 Å². The number of aromatic nitrogens is 1. The number of halogens is 1. The van der Waals surface area contributed by atoms with Gasteiger partial charge >= 0.3 is 0 Å². The maximum atomic E-state index is 5.74. The fraction of sp³-hybridized carbons (Fsp3) is 0.0625. The topological polar surface area (TPSA) is 50.9 Å². The normalized spacial score (nSPS) is 12.5. The average Bonchev–Trinajstić information content (AvgIpc) is 2.48. The molecule has 0 spiro atoms. The van der Waals surface area contributed by atoms with E-state index in [9.17, 15) is 0 Å². The highest BCUT2D eigenvalue weighted by atomic mass is 79.9. The molecule has 0 amide bonds. The molecular weight excluding hydrogens is 314 g/mol. The van der Waals surface area contributed by atoms with Crippen LogP contribution in [-0.2, 0) is 0 Å². The Labute approximate surface area is 125 Å². The molecule has 4 heteroatoms. The van der Waals surface area contributed by atoms with Crippen molar-refractivity contribution in [3.63, 3.8) is 0 Å². The van der Waals surface area contributed by atoms with Crippen molar-refractivity contribution in [2.45, 2.75) is 6.04 Å². The van der Waals surface area contributed by atoms with Crippen molar-refractivity contribution in [3.8, 4) is 0 Å². The van der Waals surface area contributed by atoms with Crippen molar-refractivity contribution < 1.29 is 0 Å². The second-order valence-electron chi connectivity index (χ2n) is 4.62. The predicted molar refractivity (Wildman–Crippen MR) is 85.1 cm³/mol. The summed E-state index contributed by atoms with van der Waals surface area (Å²) < 4.78 is 1.03. The second kappa shape index (κ2) is 5.71. The lowest BCUT2D eigenvalue weighted by Gasteiger charge is -2.17. The minimum Gasteiger partial charge on any atom is -0.271 e. The second-order valence-corrected chi connectivity index (χ2v) is 5.53. The van der Waals surface area contributed by atoms with Crippen LogP contribution in [0.25, 0.3) is 10.9 Å². The maximum absolute atomic E-state index is 5.74. The molecule has 100 valence electrons. The molecule has 3 aromatic rings. The first kappa shape index (κ1) is 13.2. The Morgan fingerprint density at radius 3 is 2.65 bits per heavy atom. The third-order valence-electron chi connectivity index (χ3n) is 3.29. The van der Waals surface area contributed by atoms with E-state index in [-0.39, 0.29) is 6.04 Å². The molecule has 0 saturated carbocycles. The molecule has 0 fully saturated rings. The number of hydrogen-bond donors (Lipinski definition) is 2. The molecule has 3 rings (SSSR count). The van der Waals surface area contributed by atoms with Gasteiger partial charge in [0.2, 0.25) is 0 Å². The van der Waals surface area contributed by atoms with Crippen LogP contribution < -0.4 is 11.3 Å². The van der Waals surface area contributed by atoms with Gasteiger partial charge < -0.3 is 0 Å². The minimum atomic E-state index is -0.0791. The Balaban J connectivity index is 2.07. The zero-order chi connectivity index (χ0) is 13.9. The van der Waals surface area contributed by atoms with Gasteiger partial charge in [0.25, 0.3) is 0 Å². The standard InChI is InChI=1S/C16H14BrN3/c17-14-6-3-5-12(9-14)16(20-18)13-8-11-4-1-2-7-15(11)19-10-13/h1-10,16,20H,18H2. The minimum absolute atomic E-state index is 0.0791. The highest BCUT2D eigenvalue weighted by Crippen LogP contribution is 2.25. The molecular formula is C16H14BrN3. The van der Waals surface area contributed by atoms with E-state index in [0.717, 1.165) is 26.5 Å². The van der Waals surface area contributed by atoms with Crippen LogP contribution in [0.5, 0.6) is 0 Å². The van der Waals surface area contributed by atoms with E-state index in [4.69, 9.17) is 5.84 Å². The number of para-hydroxylation sites is 1. The quantitative estimate of drug-likeness (QED) is 0.571. The summed E-state index contributed by atoms with van der Waals surface area (Å²) in [7, 11) is 0. The molecule has 2 aromatic carbocycles. The number of pyridine rings is 1. The summed E-state index contributed by atoms with van der Waals surface area (Å²) in [6.45, 7) is 0. The molecule has 0 aliphatic rings. The monoisotopic (exact) mass is 327 g/mol. The average molecular weight is 328 g/mol. The molecule has 0 radical (unpaired) electrons. The van der Waals surface area contributed by atoms with Gasteiger partial charge in [-0.05, 0) is 35.4 Å². The fourth-order valence-corrected chi connectivity index (χ4v) is 2.73. The fourth-order valence-electron chi connectivity index (χ4n) is 2.32. The van der Waals surface area contributed by atoms with Crippen molar-refractivity contribution in [2.24, 2.45) is 5.84 Å². The summed E-state index contributed by atoms with van der Waals surface area (Å²) in [6.07, 6.45) is 1.87. The molecule has 3 nitrogen and oxygen atoms in total. The molecule has 3 N–H and O–H groups in total. The molecule has 0 aliphatic heterocycles. The van der Waals surface area contributed by atoms with Gasteiger partial charge in [0.1, 0.15) is 0 Å². The number of nitrogens with zero attached hydrogens (tertiary/aromatic N) is 1. The summed E-state index contributed by atoms with van der Waals surface area (Å²) in [4.78, 5) is 4.49. The highest BCUT2D eigenvalue weighted by Gasteiger charge is 2.13. The molecule has 1 atom stereocenters. The van der Waals surface area contributed by atoms with Gasteiger partial charge in [-0.1, -0.05) is 46.3 Å². The van der Waals surface area contributed by atoms with Gasteiger partial charge in [-0.3, -0.25) is 10.8 Å². The third-order valence-corrected chi connectivity index (χ3v) is 3.79. The number of benzene rings is 2. The number of nitrogens with two attached hydrogens (primary N) is 1. The van der Waals surface area contributed by atoms with Crippen LogP contribution in [0.15, 0.2) is 65.3 Å². The predicted octanol–water partition coefficient (Wildman–Crippen LogP) is 3.55. The summed E-state index contributed by atoms with van der Waals surface area (Å²) in [5.74, 6) is 5.74. The summed E-state index contributed by atoms with van der Waals surface area (Å²) in [5.41, 5.74) is 5.99. The Hall–Kier alpha value is -1.75. The van der Waals surface area contributed by atoms with Crippen molar-refractivity contribution in [1.29, 1.82) is 0 Å². The van der Waals surface area contributed by atoms with Gasteiger partial charge in [-0.2, -0.15) is 0 Å². The van der Waals surface area contributed by atoms with Gasteiger partial charge in [0.15, 0.2) is 0 Å². The third kappa shape index (κ3) is 2.58. The van der Waals surface area contributed by atoms with E-state index in [0.29, 0.717) is 0 Å². The van der Waals surface area contributed by atoms with Gasteiger partial charge in [-0.15, -0.1) is 0 Å². The van der Waals surface area contributed by atoms with Gasteiger partial charge in [0, 0.05) is 16.1 Å². The lowest BCUT2D eigenvalue weighted by atomic mass is 9.99. The molecule has 0 bridgehead atoms. The van der Waals surface area contributed by atoms with E-state index in [1.165, 1.54) is 0 Å². The highest BCUT2D eigenvalue weighted by molar-refractivity contribution is 9.10. The molecule has 1 aromatic heterocycles. The first-order valence-corrected chi connectivity index (χ1v) is 7.13. The van der Waals surface area contributed by atoms with Crippen LogP contribution in [0, 0.1) is 0 Å². The Morgan fingerprint density at radius 1 is 1.00 bits per heavy atom. The lowest BCUT2D eigenvalue weighted by molar-refractivity contribution is 0.635. The van der Waals surface area contributed by atoms with E-state index < -0.39 is 0 Å². The van der Waals surface area contributed by atoms with Crippen molar-refractivity contribution in [1.82, 2.24) is 10.4 Å². The molecule has 0 saturated heterocycles. The van der Waals surface area contributed by atoms with Crippen LogP contribution in [0.3, 0.4) is 0 Å². The number of hydrogen-bond acceptors (Lipinski definition) is 3. The van der Waals surface area contributed by atoms with Crippen LogP contribution in [0.4, 0.5) is 0 Å². The maximum Gasteiger partial charge on any atom is 0.0725 e. The molecule has 0 aliphatic carbocycles. The van der Waals surface area contributed by atoms with Gasteiger partial charge in [-0.25, -0.2) is 5.43 Å². The van der Waals surface area contributed by atoms with E-state index in [1.54, 1.807) is 0 Å². The molecule has 1 heterocycles. The van der Waals surface area contributed by atoms with Crippen molar-refractivity contribution >= 4 is 26.8 Å². The Bertz CT molecular complexity index is 742. The first-order valence-electron chi connectivity index (χ1n) is 6.34. The largest absolute Gasteiger partial charge is 0.271 e. The summed E-state index contributed by atoms with van der Waals surface area (Å²) >= 11 is 3.49. The van der Waals surface area contributed by atoms with Crippen LogP contribution in [0.2, 0.25) is 0 Å². The van der Waals surface area contributed by atoms with Crippen LogP contribution in [-0.4, -0.2) is 4.98 Å². The van der Waals surface area contributed by atoms with Gasteiger partial charge in [0.05, 0.1) is 11.6 Å². The smallest absolute Gasteiger partial charge is 0.0725 e. The SMILES string of the molecule is NNC(c1cccc(Br)c1)c1cnc2ccccc2c1. The zero-order valence-electron chi connectivity index (χ0n) is 10.8. The van der Waals surface area contributed by atoms with E-state index in [2.05, 4.69) is 44.5 Å². The summed E-state index contributed by atoms with van der Waals surface area (Å²) in [6, 6.07) is 18.2. The molecule has 20 heavy (non-hydrogen) atoms. The lowest BCUT2D eigenvalue weighted by Crippen LogP contribution is -2.28. The van der Waals surface area contributed by atoms with Crippen LogP contribution >= 0.6 is 15.9 Å². The summed E-state index contributed by atoms with van der Waals surface area (Å²) in [5, 5.41) is 1.11. The Morgan fingerprint density at radius 2 is 1.85 bits per heavy atom. The van der Waals surface area contributed by atoms with E-state index >= 15 is 0 Å².